The summed E-state index contributed by atoms with van der Waals surface area (Å²) in [4.78, 5) is 17.8. The molecule has 0 saturated heterocycles. The second-order valence-corrected chi connectivity index (χ2v) is 6.29. The third-order valence-corrected chi connectivity index (χ3v) is 4.16. The van der Waals surface area contributed by atoms with Gasteiger partial charge in [-0.15, -0.1) is 6.58 Å². The number of carbonyl (C=O) groups is 1. The monoisotopic (exact) mass is 368 g/mol. The number of aromatic amines is 1. The molecule has 0 radical (unpaired) electrons. The van der Waals surface area contributed by atoms with Crippen LogP contribution in [0.3, 0.4) is 0 Å². The van der Waals surface area contributed by atoms with Gasteiger partial charge in [-0.1, -0.05) is 58.4 Å². The number of halogens is 1. The molecule has 0 bridgehead atoms. The molecule has 3 rings (SSSR count). The zero-order chi connectivity index (χ0) is 16.2. The highest BCUT2D eigenvalue weighted by Crippen LogP contribution is 2.21. The Kier molecular flexibility index (Phi) is 4.63. The predicted octanol–water partition coefficient (Wildman–Crippen LogP) is 4.76. The molecule has 2 aromatic carbocycles. The highest BCUT2D eigenvalue weighted by Gasteiger charge is 2.17. The van der Waals surface area contributed by atoms with Gasteiger partial charge in [-0.3, -0.25) is 4.79 Å². The topological polar surface area (TPSA) is 36.1 Å². The third-order valence-electron chi connectivity index (χ3n) is 3.67. The van der Waals surface area contributed by atoms with E-state index in [1.807, 2.05) is 54.6 Å². The van der Waals surface area contributed by atoms with E-state index < -0.39 is 0 Å². The van der Waals surface area contributed by atoms with Gasteiger partial charge < -0.3 is 9.88 Å². The number of fused-ring (bicyclic) bond motifs is 1. The van der Waals surface area contributed by atoms with Crippen LogP contribution in [0.15, 0.2) is 71.7 Å². The van der Waals surface area contributed by atoms with Gasteiger partial charge in [0, 0.05) is 28.5 Å². The van der Waals surface area contributed by atoms with Crippen LogP contribution in [-0.4, -0.2) is 22.3 Å². The molecule has 3 aromatic rings. The number of amides is 1. The molecular weight excluding hydrogens is 352 g/mol. The Labute approximate surface area is 143 Å². The van der Waals surface area contributed by atoms with Crippen LogP contribution in [0.25, 0.3) is 10.9 Å². The molecule has 1 amide bonds. The van der Waals surface area contributed by atoms with Crippen LogP contribution in [0.4, 0.5) is 0 Å². The maximum Gasteiger partial charge on any atom is 0.270 e. The molecule has 116 valence electrons. The Morgan fingerprint density at radius 3 is 2.70 bits per heavy atom. The van der Waals surface area contributed by atoms with Gasteiger partial charge in [-0.2, -0.15) is 0 Å². The molecular formula is C19H17BrN2O. The molecule has 0 fully saturated rings. The summed E-state index contributed by atoms with van der Waals surface area (Å²) in [6, 6.07) is 17.8. The Bertz CT molecular complexity index is 839. The van der Waals surface area contributed by atoms with E-state index in [4.69, 9.17) is 0 Å². The Hall–Kier alpha value is -2.33. The number of H-pyrrole nitrogens is 1. The van der Waals surface area contributed by atoms with E-state index in [2.05, 4.69) is 27.5 Å². The second kappa shape index (κ2) is 6.84. The number of rotatable bonds is 5. The van der Waals surface area contributed by atoms with Gasteiger partial charge in [0.2, 0.25) is 0 Å². The quantitative estimate of drug-likeness (QED) is 0.647. The molecule has 0 saturated carbocycles. The lowest BCUT2D eigenvalue weighted by molar-refractivity contribution is 0.0758. The molecule has 0 aliphatic rings. The number of hydrogen-bond donors (Lipinski definition) is 1. The number of aromatic nitrogens is 1. The highest BCUT2D eigenvalue weighted by atomic mass is 79.9. The minimum absolute atomic E-state index is 0.0268. The lowest BCUT2D eigenvalue weighted by atomic mass is 10.2. The normalized spacial score (nSPS) is 10.7. The molecule has 1 N–H and O–H groups in total. The van der Waals surface area contributed by atoms with Crippen LogP contribution in [0, 0.1) is 0 Å². The van der Waals surface area contributed by atoms with E-state index in [-0.39, 0.29) is 5.91 Å². The van der Waals surface area contributed by atoms with Crippen molar-refractivity contribution in [3.05, 3.63) is 83.0 Å². The summed E-state index contributed by atoms with van der Waals surface area (Å²) in [7, 11) is 0. The lowest BCUT2D eigenvalue weighted by Gasteiger charge is -2.20. The minimum atomic E-state index is -0.0268. The first-order chi connectivity index (χ1) is 11.2. The van der Waals surface area contributed by atoms with Gasteiger partial charge in [0.05, 0.1) is 0 Å². The maximum atomic E-state index is 12.8. The van der Waals surface area contributed by atoms with E-state index in [9.17, 15) is 4.79 Å². The average Bonchev–Trinajstić information content (AvgIpc) is 2.98. The fraction of sp³-hybridized carbons (Fsp3) is 0.105. The zero-order valence-electron chi connectivity index (χ0n) is 12.6. The Morgan fingerprint density at radius 2 is 1.96 bits per heavy atom. The summed E-state index contributed by atoms with van der Waals surface area (Å²) < 4.78 is 0.984. The number of benzene rings is 2. The Morgan fingerprint density at radius 1 is 1.17 bits per heavy atom. The van der Waals surface area contributed by atoms with E-state index >= 15 is 0 Å². The van der Waals surface area contributed by atoms with Crippen LogP contribution in [-0.2, 0) is 6.54 Å². The fourth-order valence-electron chi connectivity index (χ4n) is 2.56. The van der Waals surface area contributed by atoms with Crippen molar-refractivity contribution >= 4 is 32.7 Å². The summed E-state index contributed by atoms with van der Waals surface area (Å²) in [5, 5.41) is 1.02. The minimum Gasteiger partial charge on any atom is -0.350 e. The van der Waals surface area contributed by atoms with Crippen molar-refractivity contribution in [1.82, 2.24) is 9.88 Å². The van der Waals surface area contributed by atoms with Crippen molar-refractivity contribution in [1.29, 1.82) is 0 Å². The zero-order valence-corrected chi connectivity index (χ0v) is 14.2. The predicted molar refractivity (Wildman–Crippen MR) is 97.4 cm³/mol. The molecule has 23 heavy (non-hydrogen) atoms. The summed E-state index contributed by atoms with van der Waals surface area (Å²) >= 11 is 3.45. The van der Waals surface area contributed by atoms with Gasteiger partial charge in [0.1, 0.15) is 5.69 Å². The summed E-state index contributed by atoms with van der Waals surface area (Å²) in [6.07, 6.45) is 1.75. The second-order valence-electron chi connectivity index (χ2n) is 5.37. The lowest BCUT2D eigenvalue weighted by Crippen LogP contribution is -2.30. The van der Waals surface area contributed by atoms with Gasteiger partial charge in [-0.25, -0.2) is 0 Å². The summed E-state index contributed by atoms with van der Waals surface area (Å²) in [6.45, 7) is 4.83. The van der Waals surface area contributed by atoms with Crippen LogP contribution in [0.1, 0.15) is 16.1 Å². The van der Waals surface area contributed by atoms with Crippen LogP contribution in [0.5, 0.6) is 0 Å². The van der Waals surface area contributed by atoms with Crippen LogP contribution >= 0.6 is 15.9 Å². The Balaban J connectivity index is 1.88. The average molecular weight is 369 g/mol. The summed E-state index contributed by atoms with van der Waals surface area (Å²) in [5.41, 5.74) is 2.64. The SMILES string of the molecule is C=CCN(Cc1ccccc1)C(=O)c1cc2ccc(Br)cc2[nH]1. The van der Waals surface area contributed by atoms with Crippen molar-refractivity contribution in [3.63, 3.8) is 0 Å². The van der Waals surface area contributed by atoms with Crippen molar-refractivity contribution < 1.29 is 4.79 Å². The molecule has 0 spiro atoms. The largest absolute Gasteiger partial charge is 0.350 e. The first kappa shape index (κ1) is 15.6. The molecule has 3 nitrogen and oxygen atoms in total. The molecule has 0 aliphatic carbocycles. The van der Waals surface area contributed by atoms with E-state index in [0.29, 0.717) is 18.8 Å². The van der Waals surface area contributed by atoms with Crippen LogP contribution < -0.4 is 0 Å². The number of hydrogen-bond acceptors (Lipinski definition) is 1. The van der Waals surface area contributed by atoms with Gasteiger partial charge >= 0.3 is 0 Å². The molecule has 4 heteroatoms. The third kappa shape index (κ3) is 3.54. The first-order valence-electron chi connectivity index (χ1n) is 7.40. The van der Waals surface area contributed by atoms with Crippen molar-refractivity contribution in [3.8, 4) is 0 Å². The highest BCUT2D eigenvalue weighted by molar-refractivity contribution is 9.10. The molecule has 0 unspecified atom stereocenters. The smallest absolute Gasteiger partial charge is 0.270 e. The molecule has 1 heterocycles. The van der Waals surface area contributed by atoms with Gasteiger partial charge in [0.15, 0.2) is 0 Å². The van der Waals surface area contributed by atoms with E-state index in [1.165, 1.54) is 0 Å². The van der Waals surface area contributed by atoms with E-state index in [1.54, 1.807) is 11.0 Å². The summed E-state index contributed by atoms with van der Waals surface area (Å²) in [5.74, 6) is -0.0268. The molecule has 0 atom stereocenters. The molecule has 0 aliphatic heterocycles. The fourth-order valence-corrected chi connectivity index (χ4v) is 2.92. The van der Waals surface area contributed by atoms with Crippen molar-refractivity contribution in [2.45, 2.75) is 6.54 Å². The van der Waals surface area contributed by atoms with Gasteiger partial charge in [0.25, 0.3) is 5.91 Å². The first-order valence-corrected chi connectivity index (χ1v) is 8.19. The standard InChI is InChI=1S/C19H17BrN2O/c1-2-10-22(13-14-6-4-3-5-7-14)19(23)18-11-15-8-9-16(20)12-17(15)21-18/h2-9,11-12,21H,1,10,13H2. The maximum absolute atomic E-state index is 12.8. The van der Waals surface area contributed by atoms with Gasteiger partial charge in [-0.05, 0) is 23.8 Å². The molecule has 1 aromatic heterocycles. The number of nitrogens with zero attached hydrogens (tertiary/aromatic N) is 1. The number of carbonyl (C=O) groups excluding carboxylic acids is 1. The van der Waals surface area contributed by atoms with Crippen LogP contribution in [0.2, 0.25) is 0 Å². The van der Waals surface area contributed by atoms with Crippen molar-refractivity contribution in [2.24, 2.45) is 0 Å². The van der Waals surface area contributed by atoms with E-state index in [0.717, 1.165) is 20.9 Å². The van der Waals surface area contributed by atoms with Crippen molar-refractivity contribution in [2.75, 3.05) is 6.54 Å². The number of nitrogens with one attached hydrogen (secondary N) is 1.